The molecule has 1 aromatic heterocycles. The van der Waals surface area contributed by atoms with Gasteiger partial charge >= 0.3 is 0 Å². The van der Waals surface area contributed by atoms with E-state index < -0.39 is 0 Å². The Morgan fingerprint density at radius 3 is 2.08 bits per heavy atom. The molecule has 0 atom stereocenters. The Hall–Kier alpha value is -2.67. The predicted molar refractivity (Wildman–Crippen MR) is 107 cm³/mol. The fourth-order valence-corrected chi connectivity index (χ4v) is 3.90. The summed E-state index contributed by atoms with van der Waals surface area (Å²) in [5.74, 6) is 0.733. The minimum Gasteiger partial charge on any atom is -0.256 e. The first-order valence-corrected chi connectivity index (χ1v) is 9.20. The number of hydrogen-bond donors (Lipinski definition) is 0. The molecule has 0 N–H and O–H groups in total. The maximum absolute atomic E-state index is 4.64. The molecule has 0 bridgehead atoms. The van der Waals surface area contributed by atoms with Gasteiger partial charge in [0.05, 0.1) is 5.52 Å². The van der Waals surface area contributed by atoms with Crippen molar-refractivity contribution in [3.05, 3.63) is 90.6 Å². The Kier molecular flexibility index (Phi) is 4.74. The number of hydrogen-bond acceptors (Lipinski definition) is 1. The molecule has 1 heteroatoms. The zero-order valence-corrected chi connectivity index (χ0v) is 14.4. The molecule has 0 spiro atoms. The number of rotatable bonds is 1. The average molecular weight is 325 g/mol. The molecule has 1 aliphatic rings. The van der Waals surface area contributed by atoms with Crippen LogP contribution in [-0.2, 0) is 0 Å². The minimum absolute atomic E-state index is 0.733. The second-order valence-corrected chi connectivity index (χ2v) is 6.72. The molecule has 0 unspecified atom stereocenters. The highest BCUT2D eigenvalue weighted by molar-refractivity contribution is 6.07. The molecule has 1 fully saturated rings. The van der Waals surface area contributed by atoms with Gasteiger partial charge in [0.25, 0.3) is 0 Å². The van der Waals surface area contributed by atoms with Crippen LogP contribution in [0.1, 0.15) is 37.2 Å². The highest BCUT2D eigenvalue weighted by atomic mass is 14.6. The third kappa shape index (κ3) is 3.41. The van der Waals surface area contributed by atoms with Gasteiger partial charge in [-0.3, -0.25) is 4.98 Å². The van der Waals surface area contributed by atoms with E-state index in [9.17, 15) is 0 Å². The first kappa shape index (κ1) is 15.8. The topological polar surface area (TPSA) is 12.9 Å². The van der Waals surface area contributed by atoms with Crippen LogP contribution in [0.3, 0.4) is 0 Å². The van der Waals surface area contributed by atoms with Crippen molar-refractivity contribution in [3.63, 3.8) is 0 Å². The number of aromatic nitrogens is 1. The average Bonchev–Trinajstić information content (AvgIpc) is 3.24. The van der Waals surface area contributed by atoms with Crippen molar-refractivity contribution in [2.75, 3.05) is 0 Å². The fourth-order valence-electron chi connectivity index (χ4n) is 3.90. The van der Waals surface area contributed by atoms with E-state index in [0.717, 1.165) is 11.4 Å². The van der Waals surface area contributed by atoms with Crippen LogP contribution in [0.15, 0.2) is 85.1 Å². The minimum atomic E-state index is 0.733. The molecule has 1 aliphatic carbocycles. The van der Waals surface area contributed by atoms with Crippen LogP contribution in [0.5, 0.6) is 0 Å². The normalized spacial score (nSPS) is 14.4. The van der Waals surface area contributed by atoms with Crippen LogP contribution >= 0.6 is 0 Å². The van der Waals surface area contributed by atoms with Crippen molar-refractivity contribution < 1.29 is 0 Å². The van der Waals surface area contributed by atoms with Gasteiger partial charge in [-0.2, -0.15) is 0 Å². The van der Waals surface area contributed by atoms with E-state index in [2.05, 4.69) is 47.4 Å². The maximum Gasteiger partial charge on any atom is 0.0711 e. The van der Waals surface area contributed by atoms with Gasteiger partial charge in [-0.15, -0.1) is 0 Å². The molecule has 1 nitrogen and oxygen atoms in total. The largest absolute Gasteiger partial charge is 0.256 e. The second-order valence-electron chi connectivity index (χ2n) is 6.72. The molecule has 1 saturated carbocycles. The Labute approximate surface area is 149 Å². The highest BCUT2D eigenvalue weighted by Crippen LogP contribution is 2.39. The standard InChI is InChI=1S/C18H17N.C6H6/c1-2-7-13(6-1)15-10-5-11-17-18(15)16-9-4-3-8-14(16)12-19-17;1-2-4-6-5-3-1/h3-5,8-13H,1-2,6-7H2;1-6H. The van der Waals surface area contributed by atoms with Crippen LogP contribution < -0.4 is 0 Å². The van der Waals surface area contributed by atoms with E-state index in [1.54, 1.807) is 0 Å². The van der Waals surface area contributed by atoms with Crippen molar-refractivity contribution in [1.82, 2.24) is 4.98 Å². The molecular formula is C24H23N. The first-order valence-electron chi connectivity index (χ1n) is 9.20. The number of pyridine rings is 1. The summed E-state index contributed by atoms with van der Waals surface area (Å²) < 4.78 is 0. The smallest absolute Gasteiger partial charge is 0.0711 e. The molecule has 1 heterocycles. The SMILES string of the molecule is c1ccc2c(c1)cnc1cccc(C3CCCC3)c12.c1ccccc1. The Bertz CT molecular complexity index is 927. The summed E-state index contributed by atoms with van der Waals surface area (Å²) in [6.07, 6.45) is 7.42. The quantitative estimate of drug-likeness (QED) is 0.353. The molecule has 3 aromatic carbocycles. The predicted octanol–water partition coefficient (Wildman–Crippen LogP) is 6.73. The van der Waals surface area contributed by atoms with Gasteiger partial charge in [0.2, 0.25) is 0 Å². The van der Waals surface area contributed by atoms with E-state index in [4.69, 9.17) is 0 Å². The zero-order chi connectivity index (χ0) is 16.9. The summed E-state index contributed by atoms with van der Waals surface area (Å²) in [5.41, 5.74) is 2.66. The molecule has 124 valence electrons. The van der Waals surface area contributed by atoms with E-state index in [-0.39, 0.29) is 0 Å². The molecule has 0 aliphatic heterocycles. The molecule has 25 heavy (non-hydrogen) atoms. The Morgan fingerprint density at radius 2 is 1.36 bits per heavy atom. The summed E-state index contributed by atoms with van der Waals surface area (Å²) in [6, 6.07) is 27.2. The summed E-state index contributed by atoms with van der Waals surface area (Å²) in [7, 11) is 0. The summed E-state index contributed by atoms with van der Waals surface area (Å²) >= 11 is 0. The van der Waals surface area contributed by atoms with Crippen molar-refractivity contribution in [2.45, 2.75) is 31.6 Å². The molecular weight excluding hydrogens is 302 g/mol. The van der Waals surface area contributed by atoms with E-state index >= 15 is 0 Å². The van der Waals surface area contributed by atoms with Gasteiger partial charge in [0, 0.05) is 17.0 Å². The van der Waals surface area contributed by atoms with Crippen LogP contribution in [0.4, 0.5) is 0 Å². The van der Waals surface area contributed by atoms with E-state index in [1.165, 1.54) is 47.4 Å². The number of fused-ring (bicyclic) bond motifs is 3. The van der Waals surface area contributed by atoms with Gasteiger partial charge in [-0.25, -0.2) is 0 Å². The van der Waals surface area contributed by atoms with Gasteiger partial charge in [0.1, 0.15) is 0 Å². The summed E-state index contributed by atoms with van der Waals surface area (Å²) in [6.45, 7) is 0. The van der Waals surface area contributed by atoms with Gasteiger partial charge in [0.15, 0.2) is 0 Å². The van der Waals surface area contributed by atoms with E-state index in [0.29, 0.717) is 0 Å². The van der Waals surface area contributed by atoms with Crippen LogP contribution in [0, 0.1) is 0 Å². The van der Waals surface area contributed by atoms with Crippen molar-refractivity contribution in [1.29, 1.82) is 0 Å². The molecule has 0 radical (unpaired) electrons. The molecule has 5 rings (SSSR count). The van der Waals surface area contributed by atoms with Crippen LogP contribution in [0.25, 0.3) is 21.7 Å². The van der Waals surface area contributed by atoms with Crippen LogP contribution in [-0.4, -0.2) is 4.98 Å². The first-order chi connectivity index (χ1) is 12.4. The lowest BCUT2D eigenvalue weighted by atomic mass is 9.91. The summed E-state index contributed by atoms with van der Waals surface area (Å²) in [5, 5.41) is 3.99. The summed E-state index contributed by atoms with van der Waals surface area (Å²) in [4.78, 5) is 4.64. The molecule has 0 amide bonds. The monoisotopic (exact) mass is 325 g/mol. The lowest BCUT2D eigenvalue weighted by Gasteiger charge is -2.14. The van der Waals surface area contributed by atoms with Gasteiger partial charge < -0.3 is 0 Å². The van der Waals surface area contributed by atoms with Gasteiger partial charge in [-0.05, 0) is 35.8 Å². The number of benzene rings is 3. The third-order valence-electron chi connectivity index (χ3n) is 5.11. The Morgan fingerprint density at radius 1 is 0.680 bits per heavy atom. The molecule has 4 aromatic rings. The fraction of sp³-hybridized carbons (Fsp3) is 0.208. The lowest BCUT2D eigenvalue weighted by molar-refractivity contribution is 0.730. The Balaban J connectivity index is 0.000000223. The van der Waals surface area contributed by atoms with Crippen molar-refractivity contribution in [2.24, 2.45) is 0 Å². The maximum atomic E-state index is 4.64. The zero-order valence-electron chi connectivity index (χ0n) is 14.4. The van der Waals surface area contributed by atoms with E-state index in [1.807, 2.05) is 42.6 Å². The van der Waals surface area contributed by atoms with Gasteiger partial charge in [-0.1, -0.05) is 85.6 Å². The molecule has 0 saturated heterocycles. The lowest BCUT2D eigenvalue weighted by Crippen LogP contribution is -1.95. The van der Waals surface area contributed by atoms with Crippen molar-refractivity contribution >= 4 is 21.7 Å². The second kappa shape index (κ2) is 7.48. The van der Waals surface area contributed by atoms with Crippen molar-refractivity contribution in [3.8, 4) is 0 Å². The number of nitrogens with zero attached hydrogens (tertiary/aromatic N) is 1. The third-order valence-corrected chi connectivity index (χ3v) is 5.11. The highest BCUT2D eigenvalue weighted by Gasteiger charge is 2.20. The van der Waals surface area contributed by atoms with Crippen LogP contribution in [0.2, 0.25) is 0 Å².